The monoisotopic (exact) mass is 274 g/mol. The van der Waals surface area contributed by atoms with Crippen molar-refractivity contribution in [2.75, 3.05) is 7.11 Å². The summed E-state index contributed by atoms with van der Waals surface area (Å²) in [5.41, 5.74) is -0.620. The number of hydrogen-bond acceptors (Lipinski definition) is 3. The summed E-state index contributed by atoms with van der Waals surface area (Å²) in [6.45, 7) is 0. The van der Waals surface area contributed by atoms with Gasteiger partial charge in [0.1, 0.15) is 0 Å². The van der Waals surface area contributed by atoms with E-state index in [0.29, 0.717) is 0 Å². The Balaban J connectivity index is 2.57. The van der Waals surface area contributed by atoms with Crippen LogP contribution in [0.3, 0.4) is 0 Å². The second kappa shape index (κ2) is 4.49. The van der Waals surface area contributed by atoms with E-state index in [1.807, 2.05) is 0 Å². The Morgan fingerprint density at radius 2 is 2.11 bits per heavy atom. The largest absolute Gasteiger partial charge is 0.493 e. The van der Waals surface area contributed by atoms with Gasteiger partial charge in [-0.25, -0.2) is 4.79 Å². The van der Waals surface area contributed by atoms with Gasteiger partial charge < -0.3 is 14.6 Å². The summed E-state index contributed by atoms with van der Waals surface area (Å²) in [5, 5.41) is 8.84. The van der Waals surface area contributed by atoms with E-state index in [9.17, 15) is 18.0 Å². The van der Waals surface area contributed by atoms with Crippen LogP contribution in [0.5, 0.6) is 11.5 Å². The number of rotatable bonds is 2. The van der Waals surface area contributed by atoms with Crippen LogP contribution in [0.25, 0.3) is 6.08 Å². The first-order valence-electron chi connectivity index (χ1n) is 5.20. The Morgan fingerprint density at radius 3 is 2.63 bits per heavy atom. The lowest BCUT2D eigenvalue weighted by molar-refractivity contribution is -0.187. The third kappa shape index (κ3) is 2.35. The van der Waals surface area contributed by atoms with Crippen molar-refractivity contribution in [3.8, 4) is 11.5 Å². The minimum absolute atomic E-state index is 0.114. The van der Waals surface area contributed by atoms with Gasteiger partial charge in [-0.3, -0.25) is 0 Å². The first-order chi connectivity index (χ1) is 8.84. The molecular formula is C12H9F3O4. The Labute approximate surface area is 106 Å². The van der Waals surface area contributed by atoms with Crippen LogP contribution in [0.4, 0.5) is 13.2 Å². The van der Waals surface area contributed by atoms with E-state index in [2.05, 4.69) is 0 Å². The molecule has 7 heteroatoms. The third-order valence-corrected chi connectivity index (χ3v) is 2.60. The Hall–Kier alpha value is -2.18. The highest BCUT2D eigenvalue weighted by atomic mass is 19.4. The van der Waals surface area contributed by atoms with Gasteiger partial charge in [0.15, 0.2) is 11.5 Å². The fraction of sp³-hybridized carbons (Fsp3) is 0.250. The van der Waals surface area contributed by atoms with Gasteiger partial charge in [0, 0.05) is 5.56 Å². The van der Waals surface area contributed by atoms with Gasteiger partial charge in [-0.15, -0.1) is 0 Å². The van der Waals surface area contributed by atoms with Gasteiger partial charge in [0.2, 0.25) is 6.10 Å². The number of methoxy groups -OCH3 is 1. The maximum absolute atomic E-state index is 12.8. The number of carbonyl (C=O) groups is 1. The van der Waals surface area contributed by atoms with Crippen molar-refractivity contribution in [3.05, 3.63) is 29.3 Å². The molecule has 1 aromatic rings. The number of hydrogen-bond donors (Lipinski definition) is 1. The molecule has 0 bridgehead atoms. The summed E-state index contributed by atoms with van der Waals surface area (Å²) >= 11 is 0. The van der Waals surface area contributed by atoms with Crippen LogP contribution in [-0.2, 0) is 4.79 Å². The van der Waals surface area contributed by atoms with Crippen LogP contribution >= 0.6 is 0 Å². The van der Waals surface area contributed by atoms with Crippen molar-refractivity contribution >= 4 is 12.0 Å². The number of fused-ring (bicyclic) bond motifs is 1. The zero-order valence-corrected chi connectivity index (χ0v) is 9.69. The summed E-state index contributed by atoms with van der Waals surface area (Å²) in [6.07, 6.45) is -6.38. The third-order valence-electron chi connectivity index (χ3n) is 2.60. The van der Waals surface area contributed by atoms with Crippen molar-refractivity contribution in [2.24, 2.45) is 0 Å². The van der Waals surface area contributed by atoms with Crippen molar-refractivity contribution < 1.29 is 32.5 Å². The molecule has 4 nitrogen and oxygen atoms in total. The first-order valence-corrected chi connectivity index (χ1v) is 5.20. The minimum Gasteiger partial charge on any atom is -0.493 e. The molecule has 0 fully saturated rings. The molecule has 1 aliphatic rings. The average Bonchev–Trinajstić information content (AvgIpc) is 2.35. The topological polar surface area (TPSA) is 55.8 Å². The molecule has 1 aromatic carbocycles. The molecule has 0 unspecified atom stereocenters. The second-order valence-electron chi connectivity index (χ2n) is 3.82. The molecule has 0 aromatic heterocycles. The normalized spacial score (nSPS) is 18.1. The standard InChI is InChI=1S/C12H9F3O4/c1-18-8-4-2-3-6-5-7(11(16)17)10(12(13,14)15)19-9(6)8/h2-5,10H,1H3,(H,16,17)/t10-/m0/s1. The van der Waals surface area contributed by atoms with Crippen molar-refractivity contribution in [2.45, 2.75) is 12.3 Å². The molecular weight excluding hydrogens is 265 g/mol. The number of benzene rings is 1. The van der Waals surface area contributed by atoms with Crippen LogP contribution in [0.2, 0.25) is 0 Å². The van der Waals surface area contributed by atoms with Crippen LogP contribution < -0.4 is 9.47 Å². The second-order valence-corrected chi connectivity index (χ2v) is 3.82. The van der Waals surface area contributed by atoms with Crippen LogP contribution in [-0.4, -0.2) is 30.5 Å². The summed E-state index contributed by atoms with van der Waals surface area (Å²) in [7, 11) is 1.29. The molecule has 1 atom stereocenters. The lowest BCUT2D eigenvalue weighted by atomic mass is 10.0. The summed E-state index contributed by atoms with van der Waals surface area (Å²) in [6, 6.07) is 4.42. The summed E-state index contributed by atoms with van der Waals surface area (Å²) in [5.74, 6) is -1.67. The Bertz CT molecular complexity index is 548. The molecule has 0 saturated carbocycles. The lowest BCUT2D eigenvalue weighted by Gasteiger charge is -2.27. The SMILES string of the molecule is COc1cccc2c1O[C@H](C(F)(F)F)C(C(=O)O)=C2. The number of alkyl halides is 3. The highest BCUT2D eigenvalue weighted by Crippen LogP contribution is 2.41. The zero-order valence-electron chi connectivity index (χ0n) is 9.69. The smallest absolute Gasteiger partial charge is 0.430 e. The van der Waals surface area contributed by atoms with Crippen molar-refractivity contribution in [1.82, 2.24) is 0 Å². The van der Waals surface area contributed by atoms with Crippen molar-refractivity contribution in [3.63, 3.8) is 0 Å². The Kier molecular flexibility index (Phi) is 3.13. The molecule has 0 spiro atoms. The molecule has 1 heterocycles. The summed E-state index contributed by atoms with van der Waals surface area (Å²) < 4.78 is 48.1. The van der Waals surface area contributed by atoms with Crippen LogP contribution in [0.15, 0.2) is 23.8 Å². The first kappa shape index (κ1) is 13.3. The van der Waals surface area contributed by atoms with Gasteiger partial charge in [-0.05, 0) is 12.1 Å². The minimum atomic E-state index is -4.82. The van der Waals surface area contributed by atoms with Gasteiger partial charge in [0.25, 0.3) is 0 Å². The maximum Gasteiger partial charge on any atom is 0.430 e. The van der Waals surface area contributed by atoms with E-state index >= 15 is 0 Å². The van der Waals surface area contributed by atoms with Gasteiger partial charge in [-0.2, -0.15) is 13.2 Å². The predicted octanol–water partition coefficient (Wildman–Crippen LogP) is 2.49. The number of aliphatic carboxylic acids is 1. The predicted molar refractivity (Wildman–Crippen MR) is 59.1 cm³/mol. The molecule has 102 valence electrons. The lowest BCUT2D eigenvalue weighted by Crippen LogP contribution is -2.40. The quantitative estimate of drug-likeness (QED) is 0.900. The maximum atomic E-state index is 12.8. The number of carboxylic acids is 1. The van der Waals surface area contributed by atoms with E-state index in [1.165, 1.54) is 25.3 Å². The fourth-order valence-electron chi connectivity index (χ4n) is 1.77. The van der Waals surface area contributed by atoms with Gasteiger partial charge in [0.05, 0.1) is 12.7 Å². The Morgan fingerprint density at radius 1 is 1.42 bits per heavy atom. The van der Waals surface area contributed by atoms with E-state index < -0.39 is 23.8 Å². The summed E-state index contributed by atoms with van der Waals surface area (Å²) in [4.78, 5) is 10.9. The fourth-order valence-corrected chi connectivity index (χ4v) is 1.77. The van der Waals surface area contributed by atoms with Crippen molar-refractivity contribution in [1.29, 1.82) is 0 Å². The van der Waals surface area contributed by atoms with E-state index in [-0.39, 0.29) is 17.1 Å². The van der Waals surface area contributed by atoms with E-state index in [1.54, 1.807) is 0 Å². The zero-order chi connectivity index (χ0) is 14.2. The number of carboxylic acid groups (broad SMARTS) is 1. The molecule has 1 aliphatic heterocycles. The molecule has 2 rings (SSSR count). The van der Waals surface area contributed by atoms with Crippen LogP contribution in [0.1, 0.15) is 5.56 Å². The van der Waals surface area contributed by atoms with E-state index in [4.69, 9.17) is 14.6 Å². The number of ether oxygens (including phenoxy) is 2. The van der Waals surface area contributed by atoms with E-state index in [0.717, 1.165) is 6.08 Å². The highest BCUT2D eigenvalue weighted by molar-refractivity contribution is 5.95. The molecule has 0 amide bonds. The van der Waals surface area contributed by atoms with Crippen LogP contribution in [0, 0.1) is 0 Å². The molecule has 19 heavy (non-hydrogen) atoms. The van der Waals surface area contributed by atoms with Gasteiger partial charge >= 0.3 is 12.1 Å². The number of para-hydroxylation sites is 1. The molecule has 0 aliphatic carbocycles. The molecule has 1 N–H and O–H groups in total. The number of halogens is 3. The molecule has 0 saturated heterocycles. The van der Waals surface area contributed by atoms with Gasteiger partial charge in [-0.1, -0.05) is 12.1 Å². The highest BCUT2D eigenvalue weighted by Gasteiger charge is 2.48. The molecule has 0 radical (unpaired) electrons. The average molecular weight is 274 g/mol.